The van der Waals surface area contributed by atoms with Crippen LogP contribution in [-0.2, 0) is 14.6 Å². The van der Waals surface area contributed by atoms with Crippen molar-refractivity contribution in [1.82, 2.24) is 5.32 Å². The molecule has 0 bridgehead atoms. The van der Waals surface area contributed by atoms with Crippen LogP contribution in [0.25, 0.3) is 0 Å². The first kappa shape index (κ1) is 24.5. The van der Waals surface area contributed by atoms with Crippen molar-refractivity contribution in [3.05, 3.63) is 18.2 Å². The molecular formula is C19H31ClN2O5S. The van der Waals surface area contributed by atoms with Gasteiger partial charge in [-0.1, -0.05) is 13.8 Å². The summed E-state index contributed by atoms with van der Waals surface area (Å²) >= 11 is 0. The first-order valence-corrected chi connectivity index (χ1v) is 10.9. The molecule has 0 aromatic heterocycles. The smallest absolute Gasteiger partial charge is 0.221 e. The number of ether oxygens (including phenoxy) is 2. The molecule has 9 heteroatoms. The van der Waals surface area contributed by atoms with E-state index >= 15 is 0 Å². The van der Waals surface area contributed by atoms with Crippen molar-refractivity contribution in [3.8, 4) is 11.5 Å². The van der Waals surface area contributed by atoms with Crippen LogP contribution < -0.4 is 20.5 Å². The first-order valence-electron chi connectivity index (χ1n) is 9.29. The highest BCUT2D eigenvalue weighted by molar-refractivity contribution is 7.91. The molecule has 160 valence electrons. The minimum atomic E-state index is -3.61. The maximum absolute atomic E-state index is 12.6. The Morgan fingerprint density at radius 2 is 1.89 bits per heavy atom. The Balaban J connectivity index is 0.00000392. The number of nitrogens with two attached hydrogens (primary N) is 1. The van der Waals surface area contributed by atoms with Gasteiger partial charge in [0, 0.05) is 31.0 Å². The molecule has 1 aliphatic rings. The zero-order valence-electron chi connectivity index (χ0n) is 16.7. The average molecular weight is 435 g/mol. The summed E-state index contributed by atoms with van der Waals surface area (Å²) in [5, 5.41) is 2.88. The first-order chi connectivity index (χ1) is 12.6. The van der Waals surface area contributed by atoms with Gasteiger partial charge in [0.15, 0.2) is 21.3 Å². The van der Waals surface area contributed by atoms with E-state index in [1.165, 1.54) is 12.1 Å². The average Bonchev–Trinajstić information content (AvgIpc) is 2.84. The summed E-state index contributed by atoms with van der Waals surface area (Å²) in [6.45, 7) is 7.29. The molecule has 7 nitrogen and oxygen atoms in total. The van der Waals surface area contributed by atoms with E-state index in [1.54, 1.807) is 6.07 Å². The number of carbonyl (C=O) groups excluding carboxylic acids is 1. The second kappa shape index (κ2) is 10.3. The summed E-state index contributed by atoms with van der Waals surface area (Å²) in [4.78, 5) is 12.4. The summed E-state index contributed by atoms with van der Waals surface area (Å²) < 4.78 is 36.3. The minimum Gasteiger partial charge on any atom is -0.490 e. The maximum Gasteiger partial charge on any atom is 0.221 e. The third-order valence-electron chi connectivity index (χ3n) is 4.43. The van der Waals surface area contributed by atoms with Gasteiger partial charge in [-0.05, 0) is 31.4 Å². The molecule has 1 heterocycles. The normalized spacial score (nSPS) is 15.9. The summed E-state index contributed by atoms with van der Waals surface area (Å²) in [6.07, 6.45) is 1.35. The molecule has 2 rings (SSSR count). The van der Waals surface area contributed by atoms with Crippen LogP contribution in [0.1, 0.15) is 40.0 Å². The molecule has 0 spiro atoms. The Hall–Kier alpha value is -1.51. The fourth-order valence-electron chi connectivity index (χ4n) is 3.17. The maximum atomic E-state index is 12.6. The summed E-state index contributed by atoms with van der Waals surface area (Å²) in [6, 6.07) is 4.56. The Morgan fingerprint density at radius 3 is 2.50 bits per heavy atom. The highest BCUT2D eigenvalue weighted by atomic mass is 35.5. The van der Waals surface area contributed by atoms with Crippen LogP contribution in [0, 0.1) is 5.92 Å². The van der Waals surface area contributed by atoms with Crippen LogP contribution >= 0.6 is 12.4 Å². The monoisotopic (exact) mass is 434 g/mol. The lowest BCUT2D eigenvalue weighted by Gasteiger charge is -2.31. The van der Waals surface area contributed by atoms with E-state index in [2.05, 4.69) is 19.2 Å². The molecule has 1 aromatic rings. The number of carbonyl (C=O) groups is 1. The molecule has 1 aromatic carbocycles. The van der Waals surface area contributed by atoms with Crippen LogP contribution in [-0.4, -0.2) is 45.4 Å². The molecule has 0 aliphatic carbocycles. The SMILES string of the molecule is CC(C)CC(C)(CN)NC(=O)CCS(=O)(=O)c1ccc2c(c1)OCCCO2.Cl. The molecule has 3 N–H and O–H groups in total. The summed E-state index contributed by atoms with van der Waals surface area (Å²) in [5.41, 5.74) is 5.26. The van der Waals surface area contributed by atoms with Gasteiger partial charge in [0.05, 0.1) is 23.9 Å². The Kier molecular flexibility index (Phi) is 9.04. The number of rotatable bonds is 8. The predicted molar refractivity (Wildman–Crippen MR) is 111 cm³/mol. The van der Waals surface area contributed by atoms with Crippen molar-refractivity contribution in [3.63, 3.8) is 0 Å². The van der Waals surface area contributed by atoms with E-state index in [1.807, 2.05) is 6.92 Å². The zero-order chi connectivity index (χ0) is 20.1. The van der Waals surface area contributed by atoms with Gasteiger partial charge in [0.2, 0.25) is 5.91 Å². The number of hydrogen-bond acceptors (Lipinski definition) is 6. The summed E-state index contributed by atoms with van der Waals surface area (Å²) in [7, 11) is -3.61. The van der Waals surface area contributed by atoms with Gasteiger partial charge in [-0.2, -0.15) is 0 Å². The number of nitrogens with one attached hydrogen (secondary N) is 1. The molecule has 1 unspecified atom stereocenters. The second-order valence-corrected chi connectivity index (χ2v) is 9.75. The quantitative estimate of drug-likeness (QED) is 0.650. The lowest BCUT2D eigenvalue weighted by molar-refractivity contribution is -0.122. The molecule has 1 amide bonds. The van der Waals surface area contributed by atoms with E-state index in [4.69, 9.17) is 15.2 Å². The van der Waals surface area contributed by atoms with Crippen molar-refractivity contribution in [2.75, 3.05) is 25.5 Å². The van der Waals surface area contributed by atoms with E-state index < -0.39 is 15.4 Å². The molecule has 28 heavy (non-hydrogen) atoms. The molecule has 0 fully saturated rings. The van der Waals surface area contributed by atoms with E-state index in [-0.39, 0.29) is 35.4 Å². The molecular weight excluding hydrogens is 404 g/mol. The van der Waals surface area contributed by atoms with Crippen LogP contribution in [0.2, 0.25) is 0 Å². The lowest BCUT2D eigenvalue weighted by Crippen LogP contribution is -2.52. The molecule has 0 saturated carbocycles. The minimum absolute atomic E-state index is 0. The second-order valence-electron chi connectivity index (χ2n) is 7.64. The van der Waals surface area contributed by atoms with Crippen LogP contribution in [0.15, 0.2) is 23.1 Å². The lowest BCUT2D eigenvalue weighted by atomic mass is 9.90. The van der Waals surface area contributed by atoms with Crippen LogP contribution in [0.5, 0.6) is 11.5 Å². The number of benzene rings is 1. The Bertz CT molecular complexity index is 770. The molecule has 1 aliphatic heterocycles. The third kappa shape index (κ3) is 6.83. The van der Waals surface area contributed by atoms with Crippen LogP contribution in [0.3, 0.4) is 0 Å². The van der Waals surface area contributed by atoms with Gasteiger partial charge in [-0.3, -0.25) is 4.79 Å². The standard InChI is InChI=1S/C19H30N2O5S.ClH/c1-14(2)12-19(3,13-20)21-18(22)7-10-27(23,24)15-5-6-16-17(11-15)26-9-4-8-25-16;/h5-6,11,14H,4,7-10,12-13,20H2,1-3H3,(H,21,22);1H. The van der Waals surface area contributed by atoms with Crippen molar-refractivity contribution in [2.45, 2.75) is 50.5 Å². The number of sulfone groups is 1. The van der Waals surface area contributed by atoms with E-state index in [0.29, 0.717) is 37.2 Å². The van der Waals surface area contributed by atoms with Gasteiger partial charge in [-0.15, -0.1) is 12.4 Å². The van der Waals surface area contributed by atoms with Gasteiger partial charge in [-0.25, -0.2) is 8.42 Å². The molecule has 0 radical (unpaired) electrons. The molecule has 1 atom stereocenters. The van der Waals surface area contributed by atoms with E-state index in [9.17, 15) is 13.2 Å². The predicted octanol–water partition coefficient (Wildman–Crippen LogP) is 2.31. The Morgan fingerprint density at radius 1 is 1.25 bits per heavy atom. The highest BCUT2D eigenvalue weighted by Crippen LogP contribution is 2.32. The third-order valence-corrected chi connectivity index (χ3v) is 6.14. The van der Waals surface area contributed by atoms with Gasteiger partial charge < -0.3 is 20.5 Å². The molecule has 0 saturated heterocycles. The number of fused-ring (bicyclic) bond motifs is 1. The number of amides is 1. The topological polar surface area (TPSA) is 108 Å². The van der Waals surface area contributed by atoms with Crippen molar-refractivity contribution < 1.29 is 22.7 Å². The number of halogens is 1. The summed E-state index contributed by atoms with van der Waals surface area (Å²) in [5.74, 6) is 0.731. The Labute approximate surface area is 173 Å². The van der Waals surface area contributed by atoms with Gasteiger partial charge in [0.25, 0.3) is 0 Å². The van der Waals surface area contributed by atoms with Gasteiger partial charge >= 0.3 is 0 Å². The largest absolute Gasteiger partial charge is 0.490 e. The van der Waals surface area contributed by atoms with Crippen molar-refractivity contribution in [1.29, 1.82) is 0 Å². The van der Waals surface area contributed by atoms with Crippen molar-refractivity contribution >= 4 is 28.2 Å². The van der Waals surface area contributed by atoms with Gasteiger partial charge in [0.1, 0.15) is 0 Å². The fourth-order valence-corrected chi connectivity index (χ4v) is 4.42. The highest BCUT2D eigenvalue weighted by Gasteiger charge is 2.27. The van der Waals surface area contributed by atoms with E-state index in [0.717, 1.165) is 12.8 Å². The van der Waals surface area contributed by atoms with Crippen LogP contribution in [0.4, 0.5) is 0 Å². The van der Waals surface area contributed by atoms with Crippen molar-refractivity contribution in [2.24, 2.45) is 11.7 Å². The fraction of sp³-hybridized carbons (Fsp3) is 0.632. The zero-order valence-corrected chi connectivity index (χ0v) is 18.3. The number of hydrogen-bond donors (Lipinski definition) is 2.